The highest BCUT2D eigenvalue weighted by molar-refractivity contribution is 8.00. The number of nitrogens with one attached hydrogen (secondary N) is 1. The summed E-state index contributed by atoms with van der Waals surface area (Å²) in [4.78, 5) is 0. The second-order valence-corrected chi connectivity index (χ2v) is 4.51. The molecule has 16 heavy (non-hydrogen) atoms. The van der Waals surface area contributed by atoms with E-state index in [1.807, 2.05) is 13.0 Å². The predicted octanol–water partition coefficient (Wildman–Crippen LogP) is 2.32. The largest absolute Gasteiger partial charge is 0.441 e. The predicted molar refractivity (Wildman–Crippen MR) is 58.1 cm³/mol. The molecule has 0 saturated carbocycles. The average Bonchev–Trinajstić information content (AvgIpc) is 2.57. The zero-order valence-corrected chi connectivity index (χ0v) is 9.90. The Morgan fingerprint density at radius 3 is 2.75 bits per heavy atom. The number of nitrogens with zero attached hydrogens (tertiary/aromatic N) is 2. The molecule has 0 fully saturated rings. The van der Waals surface area contributed by atoms with E-state index in [4.69, 9.17) is 0 Å². The van der Waals surface area contributed by atoms with Gasteiger partial charge in [0.05, 0.1) is 5.69 Å². The number of halogens is 3. The Morgan fingerprint density at radius 2 is 2.25 bits per heavy atom. The molecule has 0 aliphatic carbocycles. The van der Waals surface area contributed by atoms with Crippen molar-refractivity contribution in [2.75, 3.05) is 12.3 Å². The highest BCUT2D eigenvalue weighted by Gasteiger charge is 2.27. The van der Waals surface area contributed by atoms with E-state index in [1.165, 1.54) is 0 Å². The van der Waals surface area contributed by atoms with Crippen LogP contribution in [-0.2, 0) is 7.05 Å². The topological polar surface area (TPSA) is 29.9 Å². The first-order valence-corrected chi connectivity index (χ1v) is 5.80. The maximum Gasteiger partial charge on any atom is 0.441 e. The lowest BCUT2D eigenvalue weighted by Crippen LogP contribution is -2.24. The summed E-state index contributed by atoms with van der Waals surface area (Å²) in [5.74, 6) is 0.0195. The van der Waals surface area contributed by atoms with Crippen molar-refractivity contribution in [1.29, 1.82) is 0 Å². The maximum atomic E-state index is 11.8. The Bertz CT molecular complexity index is 324. The number of alkyl halides is 3. The Kier molecular flexibility index (Phi) is 4.67. The van der Waals surface area contributed by atoms with Crippen molar-refractivity contribution in [2.45, 2.75) is 18.5 Å². The van der Waals surface area contributed by atoms with Gasteiger partial charge >= 0.3 is 5.51 Å². The van der Waals surface area contributed by atoms with Crippen LogP contribution in [0.4, 0.5) is 13.2 Å². The van der Waals surface area contributed by atoms with Gasteiger partial charge in [0.15, 0.2) is 0 Å². The number of thioether (sulfide) groups is 1. The summed E-state index contributed by atoms with van der Waals surface area (Å²) in [7, 11) is 1.80. The minimum absolute atomic E-state index is 0.00123. The van der Waals surface area contributed by atoms with Crippen molar-refractivity contribution in [3.63, 3.8) is 0 Å². The lowest BCUT2D eigenvalue weighted by atomic mass is 10.2. The van der Waals surface area contributed by atoms with E-state index in [9.17, 15) is 13.2 Å². The summed E-state index contributed by atoms with van der Waals surface area (Å²) in [6, 6.07) is 1.84. The quantitative estimate of drug-likeness (QED) is 0.817. The van der Waals surface area contributed by atoms with Crippen molar-refractivity contribution < 1.29 is 13.2 Å². The normalized spacial score (nSPS) is 14.1. The highest BCUT2D eigenvalue weighted by Crippen LogP contribution is 2.29. The van der Waals surface area contributed by atoms with Crippen molar-refractivity contribution in [1.82, 2.24) is 15.1 Å². The SMILES string of the molecule is CC(NCCSC(F)(F)F)c1ccnn1C. The van der Waals surface area contributed by atoms with Gasteiger partial charge in [0.1, 0.15) is 0 Å². The Labute approximate surface area is 96.4 Å². The summed E-state index contributed by atoms with van der Waals surface area (Å²) < 4.78 is 37.2. The molecule has 1 aromatic heterocycles. The molecular weight excluding hydrogens is 239 g/mol. The monoisotopic (exact) mass is 253 g/mol. The van der Waals surface area contributed by atoms with Gasteiger partial charge in [-0.1, -0.05) is 0 Å². The lowest BCUT2D eigenvalue weighted by molar-refractivity contribution is -0.0327. The van der Waals surface area contributed by atoms with Crippen LogP contribution in [0.1, 0.15) is 18.7 Å². The van der Waals surface area contributed by atoms with Gasteiger partial charge in [0, 0.05) is 31.6 Å². The summed E-state index contributed by atoms with van der Waals surface area (Å²) in [6.07, 6.45) is 1.66. The van der Waals surface area contributed by atoms with Crippen LogP contribution in [0.3, 0.4) is 0 Å². The average molecular weight is 253 g/mol. The van der Waals surface area contributed by atoms with Gasteiger partial charge < -0.3 is 5.32 Å². The Balaban J connectivity index is 2.26. The fraction of sp³-hybridized carbons (Fsp3) is 0.667. The van der Waals surface area contributed by atoms with Gasteiger partial charge in [-0.05, 0) is 24.8 Å². The highest BCUT2D eigenvalue weighted by atomic mass is 32.2. The van der Waals surface area contributed by atoms with E-state index in [0.717, 1.165) is 5.69 Å². The first-order chi connectivity index (χ1) is 7.40. The van der Waals surface area contributed by atoms with Gasteiger partial charge in [-0.3, -0.25) is 4.68 Å². The van der Waals surface area contributed by atoms with E-state index in [0.29, 0.717) is 6.54 Å². The first-order valence-electron chi connectivity index (χ1n) is 4.82. The molecule has 0 aromatic carbocycles. The Hall–Kier alpha value is -0.690. The molecule has 1 rings (SSSR count). The first kappa shape index (κ1) is 13.4. The lowest BCUT2D eigenvalue weighted by Gasteiger charge is -2.14. The zero-order chi connectivity index (χ0) is 12.2. The molecule has 1 atom stereocenters. The van der Waals surface area contributed by atoms with Crippen molar-refractivity contribution in [3.8, 4) is 0 Å². The van der Waals surface area contributed by atoms with Crippen LogP contribution < -0.4 is 5.32 Å². The second kappa shape index (κ2) is 5.58. The minimum atomic E-state index is -4.14. The third-order valence-corrected chi connectivity index (χ3v) is 2.86. The van der Waals surface area contributed by atoms with Crippen LogP contribution in [-0.4, -0.2) is 27.6 Å². The molecule has 0 aliphatic rings. The molecule has 0 saturated heterocycles. The number of rotatable bonds is 5. The van der Waals surface area contributed by atoms with Gasteiger partial charge in [0.25, 0.3) is 0 Å². The van der Waals surface area contributed by atoms with Crippen LogP contribution in [0.15, 0.2) is 12.3 Å². The molecule has 92 valence electrons. The molecule has 0 radical (unpaired) electrons. The van der Waals surface area contributed by atoms with Gasteiger partial charge in [-0.25, -0.2) is 0 Å². The molecule has 7 heteroatoms. The number of aryl methyl sites for hydroxylation is 1. The van der Waals surface area contributed by atoms with Crippen LogP contribution in [0.25, 0.3) is 0 Å². The molecular formula is C9H14F3N3S. The van der Waals surface area contributed by atoms with Crippen LogP contribution >= 0.6 is 11.8 Å². The van der Waals surface area contributed by atoms with E-state index >= 15 is 0 Å². The molecule has 1 unspecified atom stereocenters. The van der Waals surface area contributed by atoms with Gasteiger partial charge in [-0.2, -0.15) is 18.3 Å². The summed E-state index contributed by atoms with van der Waals surface area (Å²) in [5, 5.41) is 7.01. The van der Waals surface area contributed by atoms with Crippen molar-refractivity contribution >= 4 is 11.8 Å². The third kappa shape index (κ3) is 4.44. The van der Waals surface area contributed by atoms with Gasteiger partial charge in [-0.15, -0.1) is 0 Å². The molecule has 3 nitrogen and oxygen atoms in total. The van der Waals surface area contributed by atoms with E-state index in [1.54, 1.807) is 17.9 Å². The summed E-state index contributed by atoms with van der Waals surface area (Å²) in [5.41, 5.74) is -3.19. The van der Waals surface area contributed by atoms with Crippen molar-refractivity contribution in [3.05, 3.63) is 18.0 Å². The van der Waals surface area contributed by atoms with Crippen LogP contribution in [0.2, 0.25) is 0 Å². The molecule has 0 amide bonds. The fourth-order valence-electron chi connectivity index (χ4n) is 1.36. The van der Waals surface area contributed by atoms with E-state index < -0.39 is 5.51 Å². The molecule has 0 spiro atoms. The molecule has 0 aliphatic heterocycles. The van der Waals surface area contributed by atoms with Crippen LogP contribution in [0.5, 0.6) is 0 Å². The smallest absolute Gasteiger partial charge is 0.308 e. The molecule has 1 heterocycles. The standard InChI is InChI=1S/C9H14F3N3S/c1-7(8-3-4-14-15(8)2)13-5-6-16-9(10,11)12/h3-4,7,13H,5-6H2,1-2H3. The summed E-state index contributed by atoms with van der Waals surface area (Å²) >= 11 is -0.00793. The number of hydrogen-bond acceptors (Lipinski definition) is 3. The fourth-order valence-corrected chi connectivity index (χ4v) is 1.81. The molecule has 1 N–H and O–H groups in total. The Morgan fingerprint density at radius 1 is 1.56 bits per heavy atom. The van der Waals surface area contributed by atoms with Gasteiger partial charge in [0.2, 0.25) is 0 Å². The number of hydrogen-bond donors (Lipinski definition) is 1. The minimum Gasteiger partial charge on any atom is -0.308 e. The van der Waals surface area contributed by atoms with Crippen molar-refractivity contribution in [2.24, 2.45) is 7.05 Å². The third-order valence-electron chi connectivity index (χ3n) is 2.12. The van der Waals surface area contributed by atoms with E-state index in [2.05, 4.69) is 10.4 Å². The number of aromatic nitrogens is 2. The molecule has 1 aromatic rings. The second-order valence-electron chi connectivity index (χ2n) is 3.35. The van der Waals surface area contributed by atoms with Crippen LogP contribution in [0, 0.1) is 0 Å². The molecule has 0 bridgehead atoms. The zero-order valence-electron chi connectivity index (χ0n) is 9.08. The van der Waals surface area contributed by atoms with E-state index in [-0.39, 0.29) is 23.6 Å². The maximum absolute atomic E-state index is 11.8. The summed E-state index contributed by atoms with van der Waals surface area (Å²) in [6.45, 7) is 2.21.